The highest BCUT2D eigenvalue weighted by Gasteiger charge is 2.35. The van der Waals surface area contributed by atoms with Crippen molar-refractivity contribution in [2.75, 3.05) is 11.7 Å². The van der Waals surface area contributed by atoms with Gasteiger partial charge in [0.1, 0.15) is 5.75 Å². The minimum absolute atomic E-state index is 0.00124. The number of esters is 1. The van der Waals surface area contributed by atoms with Crippen molar-refractivity contribution in [3.8, 4) is 5.75 Å². The van der Waals surface area contributed by atoms with E-state index >= 15 is 4.48 Å². The number of carbonyl (C=O) groups excluding carboxylic acids is 2. The fourth-order valence-corrected chi connectivity index (χ4v) is 3.39. The second-order valence-corrected chi connectivity index (χ2v) is 9.21. The fourth-order valence-electron chi connectivity index (χ4n) is 3.39. The Morgan fingerprint density at radius 2 is 1.53 bits per heavy atom. The fraction of sp³-hybridized carbons (Fsp3) is 0.417. The van der Waals surface area contributed by atoms with Gasteiger partial charge in [-0.15, -0.1) is 5.12 Å². The maximum atomic E-state index is 15.8. The van der Waals surface area contributed by atoms with Crippen molar-refractivity contribution in [3.05, 3.63) is 58.7 Å². The summed E-state index contributed by atoms with van der Waals surface area (Å²) in [7, 11) is 0. The lowest BCUT2D eigenvalue weighted by Crippen LogP contribution is -2.30. The molecule has 5 nitrogen and oxygen atoms in total. The molecule has 30 heavy (non-hydrogen) atoms. The Labute approximate surface area is 177 Å². The highest BCUT2D eigenvalue weighted by molar-refractivity contribution is 6.12. The lowest BCUT2D eigenvalue weighted by Gasteiger charge is -2.32. The molecule has 1 amide bonds. The van der Waals surface area contributed by atoms with Crippen LogP contribution < -0.4 is 5.12 Å². The lowest BCUT2D eigenvalue weighted by molar-refractivity contribution is 0.0522. The first-order chi connectivity index (χ1) is 13.8. The summed E-state index contributed by atoms with van der Waals surface area (Å²) in [5, 5.41) is 10.6. The van der Waals surface area contributed by atoms with Crippen LogP contribution in [0, 0.1) is 0 Å². The van der Waals surface area contributed by atoms with E-state index in [-0.39, 0.29) is 34.3 Å². The monoisotopic (exact) mass is 415 g/mol. The van der Waals surface area contributed by atoms with Crippen molar-refractivity contribution in [2.24, 2.45) is 0 Å². The van der Waals surface area contributed by atoms with Crippen LogP contribution in [-0.2, 0) is 15.6 Å². The van der Waals surface area contributed by atoms with Crippen LogP contribution in [0.25, 0.3) is 0 Å². The zero-order chi connectivity index (χ0) is 22.9. The average molecular weight is 416 g/mol. The van der Waals surface area contributed by atoms with Gasteiger partial charge in [-0.1, -0.05) is 64.2 Å². The van der Waals surface area contributed by atoms with Gasteiger partial charge in [-0.05, 0) is 41.5 Å². The number of halogens is 1. The van der Waals surface area contributed by atoms with E-state index < -0.39 is 22.7 Å². The molecular formula is C24H30FNO4. The standard InChI is InChI=1S/C24H30FNO4/c1-8-30-22(29)16-12-10-9-11-15(16)21(28)26(25)20-17(23(2,3)4)13-14-18(27)19(20)24(5,6)7/h9-14,27H,8H2,1-7H3. The predicted molar refractivity (Wildman–Crippen MR) is 116 cm³/mol. The summed E-state index contributed by atoms with van der Waals surface area (Å²) in [4.78, 5) is 25.5. The van der Waals surface area contributed by atoms with E-state index in [0.717, 1.165) is 0 Å². The van der Waals surface area contributed by atoms with Crippen molar-refractivity contribution < 1.29 is 23.9 Å². The van der Waals surface area contributed by atoms with E-state index in [9.17, 15) is 14.7 Å². The Hall–Kier alpha value is -2.89. The third kappa shape index (κ3) is 4.64. The number of anilines is 1. The van der Waals surface area contributed by atoms with Gasteiger partial charge in [0.2, 0.25) is 0 Å². The van der Waals surface area contributed by atoms with Gasteiger partial charge in [0.25, 0.3) is 5.91 Å². The Kier molecular flexibility index (Phi) is 6.60. The summed E-state index contributed by atoms with van der Waals surface area (Å²) < 4.78 is 20.8. The second kappa shape index (κ2) is 8.46. The summed E-state index contributed by atoms with van der Waals surface area (Å²) in [5.41, 5.74) is -0.392. The van der Waals surface area contributed by atoms with E-state index in [2.05, 4.69) is 0 Å². The average Bonchev–Trinajstić information content (AvgIpc) is 2.64. The smallest absolute Gasteiger partial charge is 0.338 e. The molecule has 0 heterocycles. The van der Waals surface area contributed by atoms with E-state index in [1.54, 1.807) is 25.1 Å². The predicted octanol–water partition coefficient (Wildman–Crippen LogP) is 5.70. The van der Waals surface area contributed by atoms with Gasteiger partial charge in [-0.3, -0.25) is 4.79 Å². The minimum Gasteiger partial charge on any atom is -0.508 e. The molecule has 0 saturated heterocycles. The van der Waals surface area contributed by atoms with Crippen molar-refractivity contribution in [3.63, 3.8) is 0 Å². The number of hydrogen-bond donors (Lipinski definition) is 1. The maximum absolute atomic E-state index is 15.8. The van der Waals surface area contributed by atoms with Crippen molar-refractivity contribution in [2.45, 2.75) is 59.3 Å². The number of hydrogen-bond acceptors (Lipinski definition) is 4. The number of aromatic hydroxyl groups is 1. The van der Waals surface area contributed by atoms with E-state index in [4.69, 9.17) is 4.74 Å². The van der Waals surface area contributed by atoms with E-state index in [1.165, 1.54) is 18.2 Å². The number of amides is 1. The van der Waals surface area contributed by atoms with Crippen molar-refractivity contribution in [1.29, 1.82) is 0 Å². The Bertz CT molecular complexity index is 955. The van der Waals surface area contributed by atoms with Crippen LogP contribution in [0.2, 0.25) is 0 Å². The summed E-state index contributed by atoms with van der Waals surface area (Å²) in [5.74, 6) is -1.79. The number of carbonyl (C=O) groups is 2. The Morgan fingerprint density at radius 3 is 2.03 bits per heavy atom. The molecule has 0 bridgehead atoms. The van der Waals surface area contributed by atoms with Crippen LogP contribution >= 0.6 is 0 Å². The van der Waals surface area contributed by atoms with Crippen LogP contribution in [0.3, 0.4) is 0 Å². The first-order valence-corrected chi connectivity index (χ1v) is 9.94. The Balaban J connectivity index is 2.73. The molecule has 2 aromatic carbocycles. The zero-order valence-corrected chi connectivity index (χ0v) is 18.7. The molecule has 0 unspecified atom stereocenters. The van der Waals surface area contributed by atoms with Gasteiger partial charge in [0, 0.05) is 5.56 Å². The van der Waals surface area contributed by atoms with Crippen LogP contribution in [-0.4, -0.2) is 23.6 Å². The quantitative estimate of drug-likeness (QED) is 0.514. The first-order valence-electron chi connectivity index (χ1n) is 9.94. The van der Waals surface area contributed by atoms with E-state index in [1.807, 2.05) is 41.5 Å². The number of ether oxygens (including phenoxy) is 1. The number of phenolic OH excluding ortho intramolecular Hbond substituents is 1. The number of benzene rings is 2. The first kappa shape index (κ1) is 23.4. The molecule has 0 spiro atoms. The van der Waals surface area contributed by atoms with Gasteiger partial charge in [0.05, 0.1) is 23.4 Å². The van der Waals surface area contributed by atoms with Crippen molar-refractivity contribution in [1.82, 2.24) is 0 Å². The molecule has 6 heteroatoms. The maximum Gasteiger partial charge on any atom is 0.338 e. The molecule has 0 atom stereocenters. The molecule has 0 saturated carbocycles. The summed E-state index contributed by atoms with van der Waals surface area (Å²) in [6.45, 7) is 13.0. The molecule has 0 fully saturated rings. The highest BCUT2D eigenvalue weighted by atomic mass is 19.2. The second-order valence-electron chi connectivity index (χ2n) is 9.21. The summed E-state index contributed by atoms with van der Waals surface area (Å²) in [6, 6.07) is 9.10. The minimum atomic E-state index is -1.000. The largest absolute Gasteiger partial charge is 0.508 e. The molecule has 162 valence electrons. The lowest BCUT2D eigenvalue weighted by atomic mass is 9.78. The van der Waals surface area contributed by atoms with Gasteiger partial charge in [0.15, 0.2) is 0 Å². The number of nitrogens with zero attached hydrogens (tertiary/aromatic N) is 1. The van der Waals surface area contributed by atoms with Gasteiger partial charge in [-0.25, -0.2) is 4.79 Å². The molecule has 0 aliphatic rings. The van der Waals surface area contributed by atoms with Crippen molar-refractivity contribution >= 4 is 17.6 Å². The molecule has 0 aliphatic carbocycles. The van der Waals surface area contributed by atoms with Crippen LogP contribution in [0.4, 0.5) is 10.2 Å². The molecular weight excluding hydrogens is 385 g/mol. The molecule has 2 rings (SSSR count). The summed E-state index contributed by atoms with van der Waals surface area (Å²) in [6.07, 6.45) is 0. The Morgan fingerprint density at radius 1 is 0.967 bits per heavy atom. The van der Waals surface area contributed by atoms with Gasteiger partial charge in [-0.2, -0.15) is 0 Å². The normalized spacial score (nSPS) is 11.9. The van der Waals surface area contributed by atoms with Crippen LogP contribution in [0.1, 0.15) is 80.3 Å². The molecule has 2 aromatic rings. The number of rotatable bonds is 4. The third-order valence-corrected chi connectivity index (χ3v) is 4.74. The van der Waals surface area contributed by atoms with Gasteiger partial charge < -0.3 is 9.84 Å². The SMILES string of the molecule is CCOC(=O)c1ccccc1C(=O)N(F)c1c(C(C)(C)C)ccc(O)c1C(C)(C)C. The van der Waals surface area contributed by atoms with Gasteiger partial charge >= 0.3 is 5.97 Å². The molecule has 0 radical (unpaired) electrons. The topological polar surface area (TPSA) is 66.8 Å². The van der Waals surface area contributed by atoms with Crippen LogP contribution in [0.15, 0.2) is 36.4 Å². The number of phenols is 1. The van der Waals surface area contributed by atoms with Crippen LogP contribution in [0.5, 0.6) is 5.75 Å². The highest BCUT2D eigenvalue weighted by Crippen LogP contribution is 2.45. The van der Waals surface area contributed by atoms with E-state index in [0.29, 0.717) is 11.1 Å². The summed E-state index contributed by atoms with van der Waals surface area (Å²) >= 11 is 0. The third-order valence-electron chi connectivity index (χ3n) is 4.74. The zero-order valence-electron chi connectivity index (χ0n) is 18.7. The molecule has 0 aromatic heterocycles. The molecule has 1 N–H and O–H groups in total. The molecule has 0 aliphatic heterocycles.